The Morgan fingerprint density at radius 2 is 2.00 bits per heavy atom. The van der Waals surface area contributed by atoms with Crippen molar-refractivity contribution in [2.45, 2.75) is 51.6 Å². The number of nitrogens with zero attached hydrogens (tertiary/aromatic N) is 1. The van der Waals surface area contributed by atoms with Gasteiger partial charge in [-0.05, 0) is 45.4 Å². The number of carbonyl (C=O) groups is 1. The van der Waals surface area contributed by atoms with Crippen molar-refractivity contribution in [2.24, 2.45) is 0 Å². The van der Waals surface area contributed by atoms with Crippen LogP contribution in [0.25, 0.3) is 0 Å². The summed E-state index contributed by atoms with van der Waals surface area (Å²) in [6.45, 7) is 8.33. The average molecular weight is 296 g/mol. The Morgan fingerprint density at radius 3 is 2.45 bits per heavy atom. The third-order valence-corrected chi connectivity index (χ3v) is 4.27. The van der Waals surface area contributed by atoms with Crippen molar-refractivity contribution in [3.05, 3.63) is 28.8 Å². The Labute approximate surface area is 125 Å². The molecule has 0 radical (unpaired) electrons. The molecule has 1 heterocycles. The molecule has 1 aromatic carbocycles. The number of hydrogen-bond acceptors (Lipinski definition) is 2. The highest BCUT2D eigenvalue weighted by Gasteiger charge is 2.42. The predicted octanol–water partition coefficient (Wildman–Crippen LogP) is 3.85. The second-order valence-corrected chi connectivity index (χ2v) is 6.79. The van der Waals surface area contributed by atoms with Crippen molar-refractivity contribution in [3.63, 3.8) is 0 Å². The number of amides is 1. The number of likely N-dealkylation sites (tertiary alicyclic amines) is 1. The van der Waals surface area contributed by atoms with Gasteiger partial charge in [0.2, 0.25) is 5.91 Å². The van der Waals surface area contributed by atoms with E-state index in [2.05, 4.69) is 27.7 Å². The molecule has 4 heteroatoms. The van der Waals surface area contributed by atoms with Gasteiger partial charge < -0.3 is 9.64 Å². The molecule has 0 spiro atoms. The first-order chi connectivity index (χ1) is 9.25. The van der Waals surface area contributed by atoms with Crippen LogP contribution in [0.5, 0.6) is 5.75 Å². The molecule has 110 valence electrons. The van der Waals surface area contributed by atoms with Crippen LogP contribution < -0.4 is 4.74 Å². The minimum atomic E-state index is -0.151. The van der Waals surface area contributed by atoms with Crippen LogP contribution in [0.1, 0.15) is 45.6 Å². The third-order valence-electron chi connectivity index (χ3n) is 3.98. The summed E-state index contributed by atoms with van der Waals surface area (Å²) < 4.78 is 5.18. The lowest BCUT2D eigenvalue weighted by atomic mass is 9.91. The predicted molar refractivity (Wildman–Crippen MR) is 81.4 cm³/mol. The van der Waals surface area contributed by atoms with Crippen LogP contribution >= 0.6 is 11.6 Å². The number of halogens is 1. The largest absolute Gasteiger partial charge is 0.495 e. The van der Waals surface area contributed by atoms with Crippen LogP contribution in [0.15, 0.2) is 18.2 Å². The van der Waals surface area contributed by atoms with Gasteiger partial charge in [0, 0.05) is 23.9 Å². The maximum Gasteiger partial charge on any atom is 0.223 e. The standard InChI is InChI=1S/C16H22ClNO2/c1-10-12(9-15(19)18(10)16(2,3)4)11-6-7-14(20-5)13(17)8-11/h6-8,10,12H,9H2,1-5H3/t10-,12+/m0/s1. The Morgan fingerprint density at radius 1 is 1.35 bits per heavy atom. The van der Waals surface area contributed by atoms with Gasteiger partial charge in [0.05, 0.1) is 12.1 Å². The smallest absolute Gasteiger partial charge is 0.223 e. The molecule has 20 heavy (non-hydrogen) atoms. The number of hydrogen-bond donors (Lipinski definition) is 0. The van der Waals surface area contributed by atoms with E-state index in [4.69, 9.17) is 16.3 Å². The molecule has 2 rings (SSSR count). The van der Waals surface area contributed by atoms with Crippen molar-refractivity contribution in [2.75, 3.05) is 7.11 Å². The average Bonchev–Trinajstić information content (AvgIpc) is 2.64. The van der Waals surface area contributed by atoms with Crippen LogP contribution in [0.2, 0.25) is 5.02 Å². The van der Waals surface area contributed by atoms with E-state index in [0.717, 1.165) is 5.56 Å². The molecule has 0 saturated carbocycles. The maximum absolute atomic E-state index is 12.3. The van der Waals surface area contributed by atoms with Gasteiger partial charge in [-0.25, -0.2) is 0 Å². The van der Waals surface area contributed by atoms with E-state index in [0.29, 0.717) is 17.2 Å². The third kappa shape index (κ3) is 2.64. The minimum absolute atomic E-state index is 0.151. The summed E-state index contributed by atoms with van der Waals surface area (Å²) in [7, 11) is 1.60. The van der Waals surface area contributed by atoms with Gasteiger partial charge in [0.1, 0.15) is 5.75 Å². The summed E-state index contributed by atoms with van der Waals surface area (Å²) in [6, 6.07) is 5.97. The number of ether oxygens (including phenoxy) is 1. The molecule has 0 unspecified atom stereocenters. The van der Waals surface area contributed by atoms with E-state index < -0.39 is 0 Å². The molecule has 3 nitrogen and oxygen atoms in total. The SMILES string of the molecule is COc1ccc([C@@H]2CC(=O)N(C(C)(C)C)[C@H]2C)cc1Cl. The molecule has 0 N–H and O–H groups in total. The van der Waals surface area contributed by atoms with Crippen molar-refractivity contribution >= 4 is 17.5 Å². The van der Waals surface area contributed by atoms with Crippen LogP contribution in [-0.2, 0) is 4.79 Å². The Balaban J connectivity index is 2.31. The Hall–Kier alpha value is -1.22. The van der Waals surface area contributed by atoms with Gasteiger partial charge in [-0.2, -0.15) is 0 Å². The second-order valence-electron chi connectivity index (χ2n) is 6.38. The fourth-order valence-corrected chi connectivity index (χ4v) is 3.42. The first kappa shape index (κ1) is 15.2. The fourth-order valence-electron chi connectivity index (χ4n) is 3.16. The highest BCUT2D eigenvalue weighted by Crippen LogP contribution is 2.40. The van der Waals surface area contributed by atoms with Gasteiger partial charge in [-0.15, -0.1) is 0 Å². The fraction of sp³-hybridized carbons (Fsp3) is 0.562. The van der Waals surface area contributed by atoms with Crippen LogP contribution in [0.3, 0.4) is 0 Å². The topological polar surface area (TPSA) is 29.5 Å². The van der Waals surface area contributed by atoms with Crippen molar-refractivity contribution in [1.82, 2.24) is 4.90 Å². The first-order valence-electron chi connectivity index (χ1n) is 6.91. The van der Waals surface area contributed by atoms with Gasteiger partial charge in [-0.1, -0.05) is 17.7 Å². The summed E-state index contributed by atoms with van der Waals surface area (Å²) in [5.74, 6) is 1.06. The van der Waals surface area contributed by atoms with Crippen molar-refractivity contribution in [3.8, 4) is 5.75 Å². The summed E-state index contributed by atoms with van der Waals surface area (Å²) in [5, 5.41) is 0.596. The van der Waals surface area contributed by atoms with E-state index in [1.807, 2.05) is 23.1 Å². The molecular weight excluding hydrogens is 274 g/mol. The minimum Gasteiger partial charge on any atom is -0.495 e. The van der Waals surface area contributed by atoms with E-state index in [9.17, 15) is 4.79 Å². The molecule has 0 bridgehead atoms. The van der Waals surface area contributed by atoms with Crippen LogP contribution in [0.4, 0.5) is 0 Å². The summed E-state index contributed by atoms with van der Waals surface area (Å²) >= 11 is 6.19. The van der Waals surface area contributed by atoms with E-state index in [1.165, 1.54) is 0 Å². The summed E-state index contributed by atoms with van der Waals surface area (Å²) in [5.41, 5.74) is 0.949. The first-order valence-corrected chi connectivity index (χ1v) is 7.29. The van der Waals surface area contributed by atoms with Crippen molar-refractivity contribution in [1.29, 1.82) is 0 Å². The monoisotopic (exact) mass is 295 g/mol. The molecule has 0 aliphatic carbocycles. The van der Waals surface area contributed by atoms with E-state index >= 15 is 0 Å². The lowest BCUT2D eigenvalue weighted by molar-refractivity contribution is -0.133. The molecular formula is C16H22ClNO2. The van der Waals surface area contributed by atoms with E-state index in [1.54, 1.807) is 7.11 Å². The zero-order valence-electron chi connectivity index (χ0n) is 12.7. The zero-order chi connectivity index (χ0) is 15.1. The Kier molecular flexibility index (Phi) is 4.01. The number of carbonyl (C=O) groups excluding carboxylic acids is 1. The number of benzene rings is 1. The Bertz CT molecular complexity index is 522. The van der Waals surface area contributed by atoms with Crippen LogP contribution in [0, 0.1) is 0 Å². The summed E-state index contributed by atoms with van der Waals surface area (Å²) in [6.07, 6.45) is 0.543. The van der Waals surface area contributed by atoms with Gasteiger partial charge >= 0.3 is 0 Å². The van der Waals surface area contributed by atoms with E-state index in [-0.39, 0.29) is 23.4 Å². The number of rotatable bonds is 2. The van der Waals surface area contributed by atoms with Crippen molar-refractivity contribution < 1.29 is 9.53 Å². The van der Waals surface area contributed by atoms with Gasteiger partial charge in [0.15, 0.2) is 0 Å². The molecule has 1 aliphatic rings. The molecule has 1 saturated heterocycles. The molecule has 2 atom stereocenters. The van der Waals surface area contributed by atoms with Crippen LogP contribution in [-0.4, -0.2) is 29.5 Å². The summed E-state index contributed by atoms with van der Waals surface area (Å²) in [4.78, 5) is 14.3. The molecule has 1 aromatic rings. The zero-order valence-corrected chi connectivity index (χ0v) is 13.5. The maximum atomic E-state index is 12.3. The van der Waals surface area contributed by atoms with Gasteiger partial charge in [0.25, 0.3) is 0 Å². The molecule has 1 amide bonds. The quantitative estimate of drug-likeness (QED) is 0.829. The highest BCUT2D eigenvalue weighted by atomic mass is 35.5. The lowest BCUT2D eigenvalue weighted by Gasteiger charge is -2.37. The lowest BCUT2D eigenvalue weighted by Crippen LogP contribution is -2.46. The normalized spacial score (nSPS) is 23.3. The molecule has 0 aromatic heterocycles. The molecule has 1 fully saturated rings. The highest BCUT2D eigenvalue weighted by molar-refractivity contribution is 6.32. The van der Waals surface area contributed by atoms with Gasteiger partial charge in [-0.3, -0.25) is 4.79 Å². The number of methoxy groups -OCH3 is 1. The second kappa shape index (κ2) is 5.28. The molecule has 1 aliphatic heterocycles.